The van der Waals surface area contributed by atoms with E-state index in [0.717, 1.165) is 0 Å². The van der Waals surface area contributed by atoms with Crippen LogP contribution in [0.2, 0.25) is 10.0 Å². The van der Waals surface area contributed by atoms with Gasteiger partial charge in [-0.2, -0.15) is 4.98 Å². The van der Waals surface area contributed by atoms with E-state index in [1.807, 2.05) is 11.9 Å². The van der Waals surface area contributed by atoms with E-state index in [1.54, 1.807) is 30.5 Å². The summed E-state index contributed by atoms with van der Waals surface area (Å²) < 4.78 is 23.3. The zero-order valence-electron chi connectivity index (χ0n) is 12.9. The average molecular weight is 387 g/mol. The molecule has 128 valence electrons. The zero-order valence-corrected chi connectivity index (χ0v) is 15.2. The van der Waals surface area contributed by atoms with Gasteiger partial charge in [0.2, 0.25) is 5.95 Å². The standard InChI is InChI=1S/C15H16Cl2N4O2S/c1-21(11-5-7-24(22,23)9-11)14-4-6-18-15(20-14)19-10-2-3-12(16)13(17)8-10/h2-4,6,8,11H,5,7,9H2,1H3,(H,18,19,20). The lowest BCUT2D eigenvalue weighted by atomic mass is 10.2. The molecule has 1 aromatic heterocycles. The quantitative estimate of drug-likeness (QED) is 0.869. The van der Waals surface area contributed by atoms with Gasteiger partial charge in [0, 0.05) is 25.0 Å². The summed E-state index contributed by atoms with van der Waals surface area (Å²) in [6.07, 6.45) is 2.24. The van der Waals surface area contributed by atoms with Crippen molar-refractivity contribution in [2.75, 3.05) is 28.8 Å². The predicted molar refractivity (Wildman–Crippen MR) is 97.2 cm³/mol. The molecule has 0 radical (unpaired) electrons. The molecule has 1 atom stereocenters. The number of anilines is 3. The Morgan fingerprint density at radius 1 is 1.25 bits per heavy atom. The summed E-state index contributed by atoms with van der Waals surface area (Å²) in [6, 6.07) is 6.84. The monoisotopic (exact) mass is 386 g/mol. The molecule has 0 spiro atoms. The third-order valence-electron chi connectivity index (χ3n) is 3.93. The lowest BCUT2D eigenvalue weighted by Gasteiger charge is -2.24. The van der Waals surface area contributed by atoms with Gasteiger partial charge in [0.25, 0.3) is 0 Å². The molecule has 1 aliphatic heterocycles. The van der Waals surface area contributed by atoms with Crippen molar-refractivity contribution in [2.24, 2.45) is 0 Å². The molecule has 0 amide bonds. The molecular formula is C15H16Cl2N4O2S. The summed E-state index contributed by atoms with van der Waals surface area (Å²) in [7, 11) is -1.10. The van der Waals surface area contributed by atoms with E-state index in [0.29, 0.717) is 33.9 Å². The lowest BCUT2D eigenvalue weighted by Crippen LogP contribution is -2.33. The van der Waals surface area contributed by atoms with Crippen LogP contribution in [0.25, 0.3) is 0 Å². The molecule has 1 aliphatic rings. The second kappa shape index (κ2) is 6.74. The molecule has 2 heterocycles. The van der Waals surface area contributed by atoms with Crippen LogP contribution in [0.3, 0.4) is 0 Å². The number of rotatable bonds is 4. The van der Waals surface area contributed by atoms with Crippen molar-refractivity contribution in [1.82, 2.24) is 9.97 Å². The SMILES string of the molecule is CN(c1ccnc(Nc2ccc(Cl)c(Cl)c2)n1)C1CCS(=O)(=O)C1. The van der Waals surface area contributed by atoms with Crippen molar-refractivity contribution in [3.8, 4) is 0 Å². The summed E-state index contributed by atoms with van der Waals surface area (Å²) >= 11 is 11.9. The van der Waals surface area contributed by atoms with Crippen LogP contribution in [-0.2, 0) is 9.84 Å². The number of nitrogens with one attached hydrogen (secondary N) is 1. The van der Waals surface area contributed by atoms with Gasteiger partial charge in [-0.3, -0.25) is 0 Å². The lowest BCUT2D eigenvalue weighted by molar-refractivity contribution is 0.600. The van der Waals surface area contributed by atoms with Gasteiger partial charge in [-0.15, -0.1) is 0 Å². The molecule has 0 aliphatic carbocycles. The normalized spacial score (nSPS) is 19.2. The Kier molecular flexibility index (Phi) is 4.85. The van der Waals surface area contributed by atoms with Crippen molar-refractivity contribution in [3.63, 3.8) is 0 Å². The molecule has 0 bridgehead atoms. The highest BCUT2D eigenvalue weighted by Gasteiger charge is 2.31. The Balaban J connectivity index is 1.77. The van der Waals surface area contributed by atoms with Crippen LogP contribution in [0.4, 0.5) is 17.5 Å². The van der Waals surface area contributed by atoms with E-state index in [2.05, 4.69) is 15.3 Å². The summed E-state index contributed by atoms with van der Waals surface area (Å²) in [5, 5.41) is 3.97. The number of halogens is 2. The van der Waals surface area contributed by atoms with Gasteiger partial charge in [0.1, 0.15) is 5.82 Å². The number of benzene rings is 1. The van der Waals surface area contributed by atoms with E-state index in [4.69, 9.17) is 23.2 Å². The second-order valence-electron chi connectivity index (χ2n) is 5.66. The topological polar surface area (TPSA) is 75.2 Å². The Morgan fingerprint density at radius 2 is 2.04 bits per heavy atom. The van der Waals surface area contributed by atoms with Gasteiger partial charge < -0.3 is 10.2 Å². The van der Waals surface area contributed by atoms with E-state index < -0.39 is 9.84 Å². The molecule has 1 N–H and O–H groups in total. The van der Waals surface area contributed by atoms with Crippen LogP contribution in [0.15, 0.2) is 30.5 Å². The van der Waals surface area contributed by atoms with Crippen molar-refractivity contribution in [2.45, 2.75) is 12.5 Å². The number of aromatic nitrogens is 2. The number of hydrogen-bond acceptors (Lipinski definition) is 6. The molecule has 3 rings (SSSR count). The fourth-order valence-electron chi connectivity index (χ4n) is 2.58. The van der Waals surface area contributed by atoms with Crippen LogP contribution < -0.4 is 10.2 Å². The molecule has 0 saturated carbocycles. The molecule has 1 aromatic carbocycles. The van der Waals surface area contributed by atoms with Crippen molar-refractivity contribution in [1.29, 1.82) is 0 Å². The van der Waals surface area contributed by atoms with Crippen molar-refractivity contribution in [3.05, 3.63) is 40.5 Å². The van der Waals surface area contributed by atoms with E-state index in [9.17, 15) is 8.42 Å². The van der Waals surface area contributed by atoms with E-state index in [-0.39, 0.29) is 17.5 Å². The fraction of sp³-hybridized carbons (Fsp3) is 0.333. The maximum Gasteiger partial charge on any atom is 0.229 e. The summed E-state index contributed by atoms with van der Waals surface area (Å²) in [6.45, 7) is 0. The van der Waals surface area contributed by atoms with Gasteiger partial charge in [0.15, 0.2) is 9.84 Å². The molecule has 1 unspecified atom stereocenters. The first-order valence-electron chi connectivity index (χ1n) is 7.32. The molecule has 6 nitrogen and oxygen atoms in total. The third kappa shape index (κ3) is 3.91. The number of sulfone groups is 1. The highest BCUT2D eigenvalue weighted by Crippen LogP contribution is 2.27. The third-order valence-corrected chi connectivity index (χ3v) is 6.42. The van der Waals surface area contributed by atoms with Gasteiger partial charge >= 0.3 is 0 Å². The first-order valence-corrected chi connectivity index (χ1v) is 9.90. The first kappa shape index (κ1) is 17.3. The first-order chi connectivity index (χ1) is 11.3. The zero-order chi connectivity index (χ0) is 17.3. The molecular weight excluding hydrogens is 371 g/mol. The van der Waals surface area contributed by atoms with E-state index >= 15 is 0 Å². The maximum atomic E-state index is 11.6. The van der Waals surface area contributed by atoms with Crippen molar-refractivity contribution >= 4 is 50.5 Å². The number of nitrogens with zero attached hydrogens (tertiary/aromatic N) is 3. The van der Waals surface area contributed by atoms with Gasteiger partial charge in [-0.1, -0.05) is 23.2 Å². The van der Waals surface area contributed by atoms with Gasteiger partial charge in [0.05, 0.1) is 21.6 Å². The van der Waals surface area contributed by atoms with Crippen LogP contribution in [0.1, 0.15) is 6.42 Å². The minimum atomic E-state index is -2.94. The molecule has 9 heteroatoms. The highest BCUT2D eigenvalue weighted by atomic mass is 35.5. The van der Waals surface area contributed by atoms with Gasteiger partial charge in [-0.05, 0) is 30.7 Å². The van der Waals surface area contributed by atoms with Crippen LogP contribution >= 0.6 is 23.2 Å². The Labute approximate surface area is 150 Å². The molecule has 1 saturated heterocycles. The molecule has 1 fully saturated rings. The largest absolute Gasteiger partial charge is 0.355 e. The average Bonchev–Trinajstić information content (AvgIpc) is 2.90. The number of hydrogen-bond donors (Lipinski definition) is 1. The van der Waals surface area contributed by atoms with Crippen LogP contribution in [0, 0.1) is 0 Å². The van der Waals surface area contributed by atoms with Crippen LogP contribution in [0.5, 0.6) is 0 Å². The fourth-order valence-corrected chi connectivity index (χ4v) is 4.65. The summed E-state index contributed by atoms with van der Waals surface area (Å²) in [5.41, 5.74) is 0.715. The highest BCUT2D eigenvalue weighted by molar-refractivity contribution is 7.91. The Hall–Kier alpha value is -1.57. The molecule has 24 heavy (non-hydrogen) atoms. The minimum absolute atomic E-state index is 0.0669. The maximum absolute atomic E-state index is 11.6. The summed E-state index contributed by atoms with van der Waals surface area (Å²) in [5.74, 6) is 1.44. The Morgan fingerprint density at radius 3 is 2.71 bits per heavy atom. The molecule has 2 aromatic rings. The minimum Gasteiger partial charge on any atom is -0.355 e. The van der Waals surface area contributed by atoms with Gasteiger partial charge in [-0.25, -0.2) is 13.4 Å². The second-order valence-corrected chi connectivity index (χ2v) is 8.70. The van der Waals surface area contributed by atoms with Crippen LogP contribution in [-0.4, -0.2) is 43.0 Å². The predicted octanol–water partition coefficient (Wildman–Crippen LogP) is 3.15. The smallest absolute Gasteiger partial charge is 0.229 e. The van der Waals surface area contributed by atoms with Crippen molar-refractivity contribution < 1.29 is 8.42 Å². The van der Waals surface area contributed by atoms with E-state index in [1.165, 1.54) is 0 Å². The Bertz CT molecular complexity index is 860. The summed E-state index contributed by atoms with van der Waals surface area (Å²) in [4.78, 5) is 10.5.